The summed E-state index contributed by atoms with van der Waals surface area (Å²) in [6.45, 7) is 4.85. The summed E-state index contributed by atoms with van der Waals surface area (Å²) in [7, 11) is 0. The maximum atomic E-state index is 11.8. The van der Waals surface area contributed by atoms with E-state index in [-0.39, 0.29) is 12.1 Å². The van der Waals surface area contributed by atoms with E-state index in [0.717, 1.165) is 16.9 Å². The highest BCUT2D eigenvalue weighted by molar-refractivity contribution is 5.73. The van der Waals surface area contributed by atoms with Crippen LogP contribution in [0.4, 0.5) is 4.79 Å². The number of rotatable bonds is 6. The van der Waals surface area contributed by atoms with Crippen LogP contribution in [0.2, 0.25) is 0 Å². The lowest BCUT2D eigenvalue weighted by molar-refractivity contribution is 0.235. The number of carbonyl (C=O) groups excluding carboxylic acids is 1. The fourth-order valence-corrected chi connectivity index (χ4v) is 1.94. The SMILES string of the molecule is CC(C)Oc1ccccc1CNC(=O)NCc1ccncc1. The molecule has 2 aromatic rings. The first-order valence-corrected chi connectivity index (χ1v) is 7.30. The van der Waals surface area contributed by atoms with Crippen molar-refractivity contribution in [3.63, 3.8) is 0 Å². The van der Waals surface area contributed by atoms with Gasteiger partial charge in [-0.1, -0.05) is 18.2 Å². The first-order valence-electron chi connectivity index (χ1n) is 7.30. The molecule has 0 atom stereocenters. The molecule has 5 heteroatoms. The van der Waals surface area contributed by atoms with Gasteiger partial charge in [-0.15, -0.1) is 0 Å². The zero-order valence-electron chi connectivity index (χ0n) is 12.9. The first-order chi connectivity index (χ1) is 10.6. The summed E-state index contributed by atoms with van der Waals surface area (Å²) in [6, 6.07) is 11.2. The lowest BCUT2D eigenvalue weighted by Gasteiger charge is -2.14. The van der Waals surface area contributed by atoms with E-state index in [4.69, 9.17) is 4.74 Å². The maximum absolute atomic E-state index is 11.8. The van der Waals surface area contributed by atoms with Crippen LogP contribution in [0, 0.1) is 0 Å². The number of urea groups is 1. The average molecular weight is 299 g/mol. The van der Waals surface area contributed by atoms with Crippen LogP contribution in [0.3, 0.4) is 0 Å². The third-order valence-electron chi connectivity index (χ3n) is 2.98. The Morgan fingerprint density at radius 2 is 1.77 bits per heavy atom. The number of amides is 2. The summed E-state index contributed by atoms with van der Waals surface area (Å²) in [5.74, 6) is 0.798. The predicted molar refractivity (Wildman–Crippen MR) is 85.5 cm³/mol. The van der Waals surface area contributed by atoms with Gasteiger partial charge in [-0.05, 0) is 37.6 Å². The molecule has 22 heavy (non-hydrogen) atoms. The van der Waals surface area contributed by atoms with Gasteiger partial charge in [0.25, 0.3) is 0 Å². The van der Waals surface area contributed by atoms with Gasteiger partial charge >= 0.3 is 6.03 Å². The fourth-order valence-electron chi connectivity index (χ4n) is 1.94. The molecule has 1 aromatic carbocycles. The van der Waals surface area contributed by atoms with Gasteiger partial charge in [0.05, 0.1) is 6.10 Å². The third-order valence-corrected chi connectivity index (χ3v) is 2.98. The van der Waals surface area contributed by atoms with Crippen molar-refractivity contribution in [1.29, 1.82) is 0 Å². The minimum Gasteiger partial charge on any atom is -0.491 e. The summed E-state index contributed by atoms with van der Waals surface area (Å²) in [6.07, 6.45) is 3.50. The molecule has 1 heterocycles. The minimum absolute atomic E-state index is 0.0988. The van der Waals surface area contributed by atoms with Gasteiger partial charge in [-0.2, -0.15) is 0 Å². The number of nitrogens with zero attached hydrogens (tertiary/aromatic N) is 1. The van der Waals surface area contributed by atoms with Crippen LogP contribution < -0.4 is 15.4 Å². The number of para-hydroxylation sites is 1. The van der Waals surface area contributed by atoms with Crippen LogP contribution in [-0.4, -0.2) is 17.1 Å². The van der Waals surface area contributed by atoms with Crippen molar-refractivity contribution >= 4 is 6.03 Å². The molecule has 0 unspecified atom stereocenters. The van der Waals surface area contributed by atoms with Crippen molar-refractivity contribution in [1.82, 2.24) is 15.6 Å². The molecule has 0 aliphatic heterocycles. The second-order valence-electron chi connectivity index (χ2n) is 5.17. The molecule has 0 bridgehead atoms. The van der Waals surface area contributed by atoms with E-state index in [1.807, 2.05) is 50.2 Å². The van der Waals surface area contributed by atoms with Crippen molar-refractivity contribution in [2.24, 2.45) is 0 Å². The van der Waals surface area contributed by atoms with Crippen LogP contribution in [0.25, 0.3) is 0 Å². The van der Waals surface area contributed by atoms with E-state index < -0.39 is 0 Å². The van der Waals surface area contributed by atoms with Gasteiger partial charge < -0.3 is 15.4 Å². The summed E-state index contributed by atoms with van der Waals surface area (Å²) in [4.78, 5) is 15.8. The zero-order valence-corrected chi connectivity index (χ0v) is 12.9. The average Bonchev–Trinajstić information content (AvgIpc) is 2.52. The molecule has 0 aliphatic carbocycles. The van der Waals surface area contributed by atoms with Crippen LogP contribution in [0.1, 0.15) is 25.0 Å². The number of aromatic nitrogens is 1. The Bertz CT molecular complexity index is 600. The van der Waals surface area contributed by atoms with Gasteiger partial charge in [0.15, 0.2) is 0 Å². The van der Waals surface area contributed by atoms with Gasteiger partial charge in [0.2, 0.25) is 0 Å². The molecule has 0 aliphatic rings. The van der Waals surface area contributed by atoms with Crippen LogP contribution in [0.15, 0.2) is 48.8 Å². The number of ether oxygens (including phenoxy) is 1. The van der Waals surface area contributed by atoms with Crippen molar-refractivity contribution in [3.8, 4) is 5.75 Å². The quantitative estimate of drug-likeness (QED) is 0.862. The highest BCUT2D eigenvalue weighted by atomic mass is 16.5. The van der Waals surface area contributed by atoms with E-state index in [9.17, 15) is 4.79 Å². The standard InChI is InChI=1S/C17H21N3O2/c1-13(2)22-16-6-4-3-5-15(16)12-20-17(21)19-11-14-7-9-18-10-8-14/h3-10,13H,11-12H2,1-2H3,(H2,19,20,21). The molecule has 2 rings (SSSR count). The van der Waals surface area contributed by atoms with Crippen molar-refractivity contribution < 1.29 is 9.53 Å². The second-order valence-corrected chi connectivity index (χ2v) is 5.17. The van der Waals surface area contributed by atoms with Gasteiger partial charge in [0, 0.05) is 31.0 Å². The van der Waals surface area contributed by atoms with Crippen LogP contribution >= 0.6 is 0 Å². The van der Waals surface area contributed by atoms with E-state index in [0.29, 0.717) is 13.1 Å². The van der Waals surface area contributed by atoms with E-state index in [1.165, 1.54) is 0 Å². The molecule has 0 saturated carbocycles. The van der Waals surface area contributed by atoms with E-state index in [1.54, 1.807) is 12.4 Å². The van der Waals surface area contributed by atoms with E-state index in [2.05, 4.69) is 15.6 Å². The Balaban J connectivity index is 1.83. The molecule has 0 fully saturated rings. The highest BCUT2D eigenvalue weighted by Crippen LogP contribution is 2.18. The van der Waals surface area contributed by atoms with Gasteiger partial charge in [-0.3, -0.25) is 4.98 Å². The third kappa shape index (κ3) is 5.09. The van der Waals surface area contributed by atoms with Gasteiger partial charge in [-0.25, -0.2) is 4.79 Å². The number of pyridine rings is 1. The second kappa shape index (κ2) is 8.02. The number of hydrogen-bond acceptors (Lipinski definition) is 3. The Kier molecular flexibility index (Phi) is 5.77. The molecule has 5 nitrogen and oxygen atoms in total. The number of benzene rings is 1. The summed E-state index contributed by atoms with van der Waals surface area (Å²) < 4.78 is 5.73. The Hall–Kier alpha value is -2.56. The number of hydrogen-bond donors (Lipinski definition) is 2. The topological polar surface area (TPSA) is 63.2 Å². The Labute approximate surface area is 130 Å². The molecule has 2 amide bonds. The zero-order chi connectivity index (χ0) is 15.8. The molecular formula is C17H21N3O2. The van der Waals surface area contributed by atoms with Crippen molar-refractivity contribution in [2.75, 3.05) is 0 Å². The molecule has 116 valence electrons. The number of carbonyl (C=O) groups is 1. The van der Waals surface area contributed by atoms with Crippen molar-refractivity contribution in [2.45, 2.75) is 33.0 Å². The molecule has 2 N–H and O–H groups in total. The molecular weight excluding hydrogens is 278 g/mol. The van der Waals surface area contributed by atoms with Crippen molar-refractivity contribution in [3.05, 3.63) is 59.9 Å². The fraction of sp³-hybridized carbons (Fsp3) is 0.294. The minimum atomic E-state index is -0.212. The lowest BCUT2D eigenvalue weighted by Crippen LogP contribution is -2.34. The lowest BCUT2D eigenvalue weighted by atomic mass is 10.2. The summed E-state index contributed by atoms with van der Waals surface area (Å²) in [5.41, 5.74) is 1.96. The van der Waals surface area contributed by atoms with Gasteiger partial charge in [0.1, 0.15) is 5.75 Å². The molecule has 0 saturated heterocycles. The normalized spacial score (nSPS) is 10.3. The number of nitrogens with one attached hydrogen (secondary N) is 2. The molecule has 1 aromatic heterocycles. The van der Waals surface area contributed by atoms with Crippen LogP contribution in [-0.2, 0) is 13.1 Å². The molecule has 0 spiro atoms. The smallest absolute Gasteiger partial charge is 0.315 e. The molecule has 0 radical (unpaired) electrons. The maximum Gasteiger partial charge on any atom is 0.315 e. The van der Waals surface area contributed by atoms with Crippen LogP contribution in [0.5, 0.6) is 5.75 Å². The van der Waals surface area contributed by atoms with E-state index >= 15 is 0 Å². The first kappa shape index (κ1) is 15.8. The summed E-state index contributed by atoms with van der Waals surface area (Å²) in [5, 5.41) is 5.65. The predicted octanol–water partition coefficient (Wildman–Crippen LogP) is 2.87. The largest absolute Gasteiger partial charge is 0.491 e. The Morgan fingerprint density at radius 3 is 2.50 bits per heavy atom. The highest BCUT2D eigenvalue weighted by Gasteiger charge is 2.06. The Morgan fingerprint density at radius 1 is 1.09 bits per heavy atom. The summed E-state index contributed by atoms with van der Waals surface area (Å²) >= 11 is 0. The monoisotopic (exact) mass is 299 g/mol.